The van der Waals surface area contributed by atoms with Crippen molar-refractivity contribution in [1.29, 1.82) is 0 Å². The van der Waals surface area contributed by atoms with Crippen LogP contribution >= 0.6 is 0 Å². The van der Waals surface area contributed by atoms with Gasteiger partial charge in [-0.1, -0.05) is 12.1 Å². The molecule has 0 aromatic heterocycles. The molecule has 3 rings (SSSR count). The molecule has 1 aromatic rings. The van der Waals surface area contributed by atoms with Gasteiger partial charge >= 0.3 is 0 Å². The summed E-state index contributed by atoms with van der Waals surface area (Å²) in [6, 6.07) is 7.42. The molecule has 0 saturated carbocycles. The average Bonchev–Trinajstić information content (AvgIpc) is 2.77. The van der Waals surface area contributed by atoms with Crippen LogP contribution in [-0.4, -0.2) is 66.7 Å². The monoisotopic (exact) mass is 357 g/mol. The van der Waals surface area contributed by atoms with Crippen molar-refractivity contribution in [1.82, 2.24) is 9.80 Å². The second kappa shape index (κ2) is 8.45. The number of ketones is 1. The quantitative estimate of drug-likeness (QED) is 0.756. The summed E-state index contributed by atoms with van der Waals surface area (Å²) in [5.74, 6) is 0.246. The van der Waals surface area contributed by atoms with E-state index in [-0.39, 0.29) is 17.6 Å². The number of benzene rings is 1. The lowest BCUT2D eigenvalue weighted by molar-refractivity contribution is -0.130. The van der Waals surface area contributed by atoms with Crippen molar-refractivity contribution in [2.75, 3.05) is 44.2 Å². The number of carbonyl (C=O) groups excluding carboxylic acids is 3. The normalized spacial score (nSPS) is 18.7. The Bertz CT molecular complexity index is 681. The molecule has 2 aliphatic heterocycles. The van der Waals surface area contributed by atoms with E-state index in [2.05, 4.69) is 4.90 Å². The summed E-state index contributed by atoms with van der Waals surface area (Å²) in [7, 11) is 0. The van der Waals surface area contributed by atoms with Gasteiger partial charge in [-0.2, -0.15) is 0 Å². The van der Waals surface area contributed by atoms with E-state index in [1.165, 1.54) is 0 Å². The Labute approximate surface area is 154 Å². The number of para-hydroxylation sites is 1. The largest absolute Gasteiger partial charge is 0.340 e. The maximum atomic E-state index is 12.4. The first kappa shape index (κ1) is 18.6. The zero-order valence-electron chi connectivity index (χ0n) is 15.4. The van der Waals surface area contributed by atoms with E-state index < -0.39 is 0 Å². The van der Waals surface area contributed by atoms with Crippen LogP contribution in [0.5, 0.6) is 0 Å². The van der Waals surface area contributed by atoms with Crippen LogP contribution in [-0.2, 0) is 9.59 Å². The fourth-order valence-electron chi connectivity index (χ4n) is 3.71. The minimum Gasteiger partial charge on any atom is -0.340 e. The van der Waals surface area contributed by atoms with Crippen LogP contribution in [0.1, 0.15) is 43.0 Å². The number of Topliss-reactive ketones (excluding diaryl/α,β-unsaturated/α-hetero) is 1. The molecule has 0 aliphatic carbocycles. The van der Waals surface area contributed by atoms with Crippen molar-refractivity contribution in [2.45, 2.75) is 32.6 Å². The molecule has 1 fully saturated rings. The predicted molar refractivity (Wildman–Crippen MR) is 100 cm³/mol. The molecule has 0 bridgehead atoms. The summed E-state index contributed by atoms with van der Waals surface area (Å²) >= 11 is 0. The molecule has 6 nitrogen and oxygen atoms in total. The third-order valence-corrected chi connectivity index (χ3v) is 5.29. The molecule has 0 unspecified atom stereocenters. The van der Waals surface area contributed by atoms with Crippen LogP contribution < -0.4 is 4.90 Å². The molecule has 6 heteroatoms. The number of nitrogens with zero attached hydrogens (tertiary/aromatic N) is 3. The lowest BCUT2D eigenvalue weighted by Crippen LogP contribution is -2.48. The highest BCUT2D eigenvalue weighted by Gasteiger charge is 2.26. The van der Waals surface area contributed by atoms with Gasteiger partial charge in [-0.3, -0.25) is 19.3 Å². The first-order valence-electron chi connectivity index (χ1n) is 9.47. The number of fused-ring (bicyclic) bond motifs is 1. The first-order chi connectivity index (χ1) is 12.6. The number of unbranched alkanes of at least 4 members (excludes halogenated alkanes) is 1. The third-order valence-electron chi connectivity index (χ3n) is 5.29. The van der Waals surface area contributed by atoms with E-state index in [9.17, 15) is 14.4 Å². The van der Waals surface area contributed by atoms with E-state index >= 15 is 0 Å². The minimum atomic E-state index is 0.0402. The van der Waals surface area contributed by atoms with E-state index in [0.29, 0.717) is 24.9 Å². The Kier molecular flexibility index (Phi) is 6.04. The minimum absolute atomic E-state index is 0.0402. The average molecular weight is 357 g/mol. The zero-order valence-corrected chi connectivity index (χ0v) is 15.4. The van der Waals surface area contributed by atoms with Crippen LogP contribution in [0.4, 0.5) is 5.69 Å². The molecule has 26 heavy (non-hydrogen) atoms. The SMILES string of the molecule is CC(=O)N1CCN(CCCCN2C(=O)CCC(=O)c3ccccc32)CC1. The van der Waals surface area contributed by atoms with Gasteiger partial charge in [0.1, 0.15) is 0 Å². The predicted octanol–water partition coefficient (Wildman–Crippen LogP) is 1.94. The molecule has 1 saturated heterocycles. The number of hydrogen-bond acceptors (Lipinski definition) is 4. The highest BCUT2D eigenvalue weighted by molar-refractivity contribution is 6.10. The fourth-order valence-corrected chi connectivity index (χ4v) is 3.71. The zero-order chi connectivity index (χ0) is 18.5. The standard InChI is InChI=1S/C20H27N3O3/c1-16(24)22-14-12-21(13-15-22)10-4-5-11-23-18-7-3-2-6-17(18)19(25)8-9-20(23)26/h2-3,6-7H,4-5,8-15H2,1H3. The highest BCUT2D eigenvalue weighted by atomic mass is 16.2. The molecule has 0 radical (unpaired) electrons. The lowest BCUT2D eigenvalue weighted by atomic mass is 10.1. The Balaban J connectivity index is 1.50. The highest BCUT2D eigenvalue weighted by Crippen LogP contribution is 2.27. The molecular weight excluding hydrogens is 330 g/mol. The Morgan fingerprint density at radius 2 is 1.65 bits per heavy atom. The third kappa shape index (κ3) is 4.30. The van der Waals surface area contributed by atoms with Gasteiger partial charge in [-0.25, -0.2) is 0 Å². The fraction of sp³-hybridized carbons (Fsp3) is 0.550. The van der Waals surface area contributed by atoms with E-state index in [0.717, 1.165) is 51.3 Å². The van der Waals surface area contributed by atoms with Crippen LogP contribution in [0, 0.1) is 0 Å². The molecule has 1 aromatic carbocycles. The molecule has 2 amide bonds. The molecule has 140 valence electrons. The van der Waals surface area contributed by atoms with E-state index in [1.807, 2.05) is 29.2 Å². The number of hydrogen-bond donors (Lipinski definition) is 0. The van der Waals surface area contributed by atoms with Crippen molar-refractivity contribution >= 4 is 23.3 Å². The Morgan fingerprint density at radius 3 is 2.38 bits per heavy atom. The molecule has 0 N–H and O–H groups in total. The van der Waals surface area contributed by atoms with Gasteiger partial charge in [-0.15, -0.1) is 0 Å². The number of anilines is 1. The van der Waals surface area contributed by atoms with Crippen LogP contribution in [0.25, 0.3) is 0 Å². The summed E-state index contributed by atoms with van der Waals surface area (Å²) in [5, 5.41) is 0. The number of rotatable bonds is 5. The van der Waals surface area contributed by atoms with E-state index in [4.69, 9.17) is 0 Å². The smallest absolute Gasteiger partial charge is 0.227 e. The summed E-state index contributed by atoms with van der Waals surface area (Å²) in [6.45, 7) is 6.69. The first-order valence-corrected chi connectivity index (χ1v) is 9.47. The van der Waals surface area contributed by atoms with Crippen molar-refractivity contribution < 1.29 is 14.4 Å². The number of amides is 2. The molecular formula is C20H27N3O3. The summed E-state index contributed by atoms with van der Waals surface area (Å²) in [4.78, 5) is 42.1. The van der Waals surface area contributed by atoms with Gasteiger partial charge in [-0.05, 0) is 31.5 Å². The van der Waals surface area contributed by atoms with Gasteiger partial charge < -0.3 is 9.80 Å². The van der Waals surface area contributed by atoms with Gasteiger partial charge in [0.15, 0.2) is 5.78 Å². The van der Waals surface area contributed by atoms with Crippen molar-refractivity contribution in [2.24, 2.45) is 0 Å². The summed E-state index contributed by atoms with van der Waals surface area (Å²) in [6.07, 6.45) is 2.49. The molecule has 0 atom stereocenters. The maximum Gasteiger partial charge on any atom is 0.227 e. The van der Waals surface area contributed by atoms with Crippen molar-refractivity contribution in [3.05, 3.63) is 29.8 Å². The molecule has 2 aliphatic rings. The van der Waals surface area contributed by atoms with Crippen LogP contribution in [0.3, 0.4) is 0 Å². The molecule has 0 spiro atoms. The number of piperazine rings is 1. The van der Waals surface area contributed by atoms with Gasteiger partial charge in [0.05, 0.1) is 5.69 Å². The second-order valence-electron chi connectivity index (χ2n) is 7.04. The maximum absolute atomic E-state index is 12.4. The van der Waals surface area contributed by atoms with Gasteiger partial charge in [0.2, 0.25) is 11.8 Å². The van der Waals surface area contributed by atoms with Crippen molar-refractivity contribution in [3.8, 4) is 0 Å². The van der Waals surface area contributed by atoms with E-state index in [1.54, 1.807) is 11.8 Å². The molecule has 2 heterocycles. The Hall–Kier alpha value is -2.21. The van der Waals surface area contributed by atoms with Gasteiger partial charge in [0, 0.05) is 58.1 Å². The lowest BCUT2D eigenvalue weighted by Gasteiger charge is -2.34. The van der Waals surface area contributed by atoms with Crippen LogP contribution in [0.2, 0.25) is 0 Å². The summed E-state index contributed by atoms with van der Waals surface area (Å²) < 4.78 is 0. The van der Waals surface area contributed by atoms with Crippen LogP contribution in [0.15, 0.2) is 24.3 Å². The van der Waals surface area contributed by atoms with Crippen molar-refractivity contribution in [3.63, 3.8) is 0 Å². The van der Waals surface area contributed by atoms with Gasteiger partial charge in [0.25, 0.3) is 0 Å². The topological polar surface area (TPSA) is 60.9 Å². The second-order valence-corrected chi connectivity index (χ2v) is 7.04. The number of carbonyl (C=O) groups is 3. The summed E-state index contributed by atoms with van der Waals surface area (Å²) in [5.41, 5.74) is 1.42. The Morgan fingerprint density at radius 1 is 0.962 bits per heavy atom.